The Kier molecular flexibility index (Phi) is 17.8. The van der Waals surface area contributed by atoms with E-state index in [1.807, 2.05) is 45.9 Å². The number of aliphatic carboxylic acids is 1. The van der Waals surface area contributed by atoms with Crippen molar-refractivity contribution in [2.75, 3.05) is 21.3 Å². The van der Waals surface area contributed by atoms with Gasteiger partial charge in [0.15, 0.2) is 11.6 Å². The first kappa shape index (κ1) is 41.8. The first-order valence-electron chi connectivity index (χ1n) is 16.2. The Morgan fingerprint density at radius 3 is 1.29 bits per heavy atom. The number of nitrogens with zero attached hydrogens (tertiary/aromatic N) is 2. The number of carboxylic acid groups (broad SMARTS) is 1. The molecule has 0 amide bonds. The van der Waals surface area contributed by atoms with Gasteiger partial charge in [0.25, 0.3) is 0 Å². The number of hydrogen-bond donors (Lipinski definition) is 1. The summed E-state index contributed by atoms with van der Waals surface area (Å²) in [4.78, 5) is 70.3. The molecule has 0 aliphatic carbocycles. The van der Waals surface area contributed by atoms with E-state index in [4.69, 9.17) is 14.6 Å². The Bertz CT molecular complexity index is 1760. The van der Waals surface area contributed by atoms with Crippen molar-refractivity contribution in [3.8, 4) is 0 Å². The van der Waals surface area contributed by atoms with Crippen LogP contribution in [0.4, 0.5) is 0 Å². The van der Waals surface area contributed by atoms with Crippen LogP contribution in [0.2, 0.25) is 0 Å². The predicted molar refractivity (Wildman–Crippen MR) is 187 cm³/mol. The molecule has 0 saturated carbocycles. The van der Waals surface area contributed by atoms with Gasteiger partial charge in [-0.1, -0.05) is 64.1 Å². The molecule has 0 aliphatic rings. The fourth-order valence-electron chi connectivity index (χ4n) is 5.27. The number of hydrogen-bond acceptors (Lipinski definition) is 9. The number of ether oxygens (including phenoxy) is 3. The van der Waals surface area contributed by atoms with Gasteiger partial charge in [-0.2, -0.15) is 0 Å². The lowest BCUT2D eigenvalue weighted by Gasteiger charge is -2.09. The molecule has 49 heavy (non-hydrogen) atoms. The molecule has 2 aromatic heterocycles. The summed E-state index contributed by atoms with van der Waals surface area (Å²) < 4.78 is 17.7. The van der Waals surface area contributed by atoms with E-state index in [2.05, 4.69) is 4.74 Å². The molecule has 0 radical (unpaired) electrons. The predicted octanol–water partition coefficient (Wildman–Crippen LogP) is 7.13. The summed E-state index contributed by atoms with van der Waals surface area (Å²) in [6, 6.07) is 14.5. The lowest BCUT2D eigenvalue weighted by atomic mass is 10.1. The zero-order valence-corrected chi connectivity index (χ0v) is 29.9. The number of carbonyl (C=O) groups excluding carboxylic acids is 5. The molecular weight excluding hydrogens is 632 g/mol. The fourth-order valence-corrected chi connectivity index (χ4v) is 5.27. The van der Waals surface area contributed by atoms with E-state index < -0.39 is 17.9 Å². The molecule has 0 bridgehead atoms. The van der Waals surface area contributed by atoms with Gasteiger partial charge in [-0.3, -0.25) is 19.2 Å². The van der Waals surface area contributed by atoms with Crippen LogP contribution in [0.25, 0.3) is 21.8 Å². The maximum Gasteiger partial charge on any atom is 0.355 e. The molecule has 266 valence electrons. The molecule has 0 spiro atoms. The number of methoxy groups -OCH3 is 3. The molecule has 12 nitrogen and oxygen atoms in total. The summed E-state index contributed by atoms with van der Waals surface area (Å²) in [6.45, 7) is 11.6. The van der Waals surface area contributed by atoms with E-state index >= 15 is 0 Å². The van der Waals surface area contributed by atoms with Crippen LogP contribution in [0.15, 0.2) is 48.5 Å². The largest absolute Gasteiger partial charge is 0.481 e. The average molecular weight is 681 g/mol. The quantitative estimate of drug-likeness (QED) is 0.0926. The highest BCUT2D eigenvalue weighted by Gasteiger charge is 2.27. The molecule has 0 saturated heterocycles. The zero-order valence-electron chi connectivity index (χ0n) is 29.9. The summed E-state index contributed by atoms with van der Waals surface area (Å²) in [5, 5.41) is 10.1. The Balaban J connectivity index is 0.000000445. The second-order valence-electron chi connectivity index (χ2n) is 10.1. The number of ketones is 2. The van der Waals surface area contributed by atoms with Gasteiger partial charge in [-0.05, 0) is 38.8 Å². The van der Waals surface area contributed by atoms with Crippen molar-refractivity contribution in [3.63, 3.8) is 0 Å². The first-order valence-corrected chi connectivity index (χ1v) is 16.2. The van der Waals surface area contributed by atoms with Crippen LogP contribution in [-0.4, -0.2) is 71.0 Å². The minimum atomic E-state index is -0.900. The van der Waals surface area contributed by atoms with E-state index in [1.165, 1.54) is 35.2 Å². The second-order valence-corrected chi connectivity index (χ2v) is 10.1. The normalized spacial score (nSPS) is 9.98. The summed E-state index contributed by atoms with van der Waals surface area (Å²) in [7, 11) is 3.87. The summed E-state index contributed by atoms with van der Waals surface area (Å²) in [5.74, 6) is -2.81. The standard InChI is InChI=1S/C17H19NO5.C16H17NO5.2C2H6/c1-11(19)15-12-7-4-5-8-13(12)18(16(15)17(21)23-3)10-6-9-14(20)22-2;1-10(18)14-11-6-3-4-7-12(11)17(9-5-8-13(19)20)15(14)16(21)22-2;2*1-2/h4-5,7-8H,6,9-10H2,1-3H3;3-4,6-7H,5,8-9H2,1-2H3,(H,19,20);2*1-2H3. The minimum absolute atomic E-state index is 0.0114. The number of carboxylic acids is 1. The fraction of sp³-hybridized carbons (Fsp3) is 0.405. The van der Waals surface area contributed by atoms with Crippen LogP contribution in [0.3, 0.4) is 0 Å². The highest BCUT2D eigenvalue weighted by Crippen LogP contribution is 2.29. The van der Waals surface area contributed by atoms with Crippen LogP contribution in [-0.2, 0) is 36.9 Å². The van der Waals surface area contributed by atoms with E-state index in [0.717, 1.165) is 11.0 Å². The number of esters is 3. The third kappa shape index (κ3) is 10.4. The van der Waals surface area contributed by atoms with Crippen LogP contribution < -0.4 is 0 Å². The molecule has 12 heteroatoms. The van der Waals surface area contributed by atoms with Gasteiger partial charge in [0.2, 0.25) is 0 Å². The zero-order chi connectivity index (χ0) is 37.3. The van der Waals surface area contributed by atoms with Crippen molar-refractivity contribution in [1.29, 1.82) is 0 Å². The van der Waals surface area contributed by atoms with Crippen LogP contribution in [0.1, 0.15) is 109 Å². The number of benzene rings is 2. The monoisotopic (exact) mass is 680 g/mol. The number of aryl methyl sites for hydroxylation is 2. The minimum Gasteiger partial charge on any atom is -0.481 e. The number of para-hydroxylation sites is 2. The summed E-state index contributed by atoms with van der Waals surface area (Å²) in [6.07, 6.45) is 1.07. The summed E-state index contributed by atoms with van der Waals surface area (Å²) >= 11 is 0. The van der Waals surface area contributed by atoms with Gasteiger partial charge in [-0.15, -0.1) is 0 Å². The molecule has 1 N–H and O–H groups in total. The molecule has 0 fully saturated rings. The first-order chi connectivity index (χ1) is 23.5. The lowest BCUT2D eigenvalue weighted by molar-refractivity contribution is -0.141. The van der Waals surface area contributed by atoms with Crippen LogP contribution >= 0.6 is 0 Å². The van der Waals surface area contributed by atoms with Gasteiger partial charge >= 0.3 is 23.9 Å². The molecular formula is C37H48N2O10. The molecule has 4 aromatic rings. The third-order valence-corrected chi connectivity index (χ3v) is 7.17. The van der Waals surface area contributed by atoms with E-state index in [9.17, 15) is 28.8 Å². The molecule has 0 aliphatic heterocycles. The van der Waals surface area contributed by atoms with Gasteiger partial charge in [0.05, 0.1) is 32.5 Å². The molecule has 0 unspecified atom stereocenters. The molecule has 2 aromatic carbocycles. The lowest BCUT2D eigenvalue weighted by Crippen LogP contribution is -2.15. The number of rotatable bonds is 12. The van der Waals surface area contributed by atoms with Crippen LogP contribution in [0.5, 0.6) is 0 Å². The SMILES string of the molecule is CC.CC.COC(=O)CCCn1c(C(=O)OC)c(C(C)=O)c2ccccc21.COC(=O)c1c(C(C)=O)c2ccccc2n1CCCC(=O)O. The topological polar surface area (TPSA) is 160 Å². The Labute approximate surface area is 286 Å². The van der Waals surface area contributed by atoms with Crippen molar-refractivity contribution in [1.82, 2.24) is 9.13 Å². The molecule has 4 rings (SSSR count). The van der Waals surface area contributed by atoms with Gasteiger partial charge in [0, 0.05) is 47.7 Å². The Morgan fingerprint density at radius 2 is 0.959 bits per heavy atom. The maximum absolute atomic E-state index is 12.2. The van der Waals surface area contributed by atoms with Crippen molar-refractivity contribution < 1.29 is 48.1 Å². The average Bonchev–Trinajstić information content (AvgIpc) is 3.63. The number of aromatic nitrogens is 2. The van der Waals surface area contributed by atoms with Crippen molar-refractivity contribution >= 4 is 57.2 Å². The van der Waals surface area contributed by atoms with Gasteiger partial charge < -0.3 is 28.5 Å². The van der Waals surface area contributed by atoms with E-state index in [1.54, 1.807) is 39.5 Å². The highest BCUT2D eigenvalue weighted by molar-refractivity contribution is 6.15. The molecule has 2 heterocycles. The van der Waals surface area contributed by atoms with Crippen molar-refractivity contribution in [2.45, 2.75) is 80.3 Å². The Morgan fingerprint density at radius 1 is 0.592 bits per heavy atom. The number of carbonyl (C=O) groups is 6. The van der Waals surface area contributed by atoms with Gasteiger partial charge in [-0.25, -0.2) is 9.59 Å². The summed E-state index contributed by atoms with van der Waals surface area (Å²) in [5.41, 5.74) is 2.57. The smallest absolute Gasteiger partial charge is 0.355 e. The van der Waals surface area contributed by atoms with Gasteiger partial charge in [0.1, 0.15) is 11.4 Å². The van der Waals surface area contributed by atoms with Crippen molar-refractivity contribution in [3.05, 3.63) is 71.0 Å². The van der Waals surface area contributed by atoms with Crippen LogP contribution in [0, 0.1) is 0 Å². The van der Waals surface area contributed by atoms with E-state index in [-0.39, 0.29) is 41.8 Å². The van der Waals surface area contributed by atoms with Crippen molar-refractivity contribution in [2.24, 2.45) is 0 Å². The Hall–Kier alpha value is -5.26. The molecule has 0 atom stereocenters. The number of fused-ring (bicyclic) bond motifs is 2. The maximum atomic E-state index is 12.2. The third-order valence-electron chi connectivity index (χ3n) is 7.17. The second kappa shape index (κ2) is 20.9. The highest BCUT2D eigenvalue weighted by atomic mass is 16.5. The van der Waals surface area contributed by atoms with E-state index in [0.29, 0.717) is 47.8 Å². The number of Topliss-reactive ketones (excluding diaryl/α,β-unsaturated/α-hetero) is 2.